The number of rotatable bonds is 1. The summed E-state index contributed by atoms with van der Waals surface area (Å²) in [4.78, 5) is 0. The maximum Gasteiger partial charge on any atom is 0.170 e. The van der Waals surface area contributed by atoms with Gasteiger partial charge in [-0.2, -0.15) is 0 Å². The lowest BCUT2D eigenvalue weighted by Gasteiger charge is -2.21. The van der Waals surface area contributed by atoms with E-state index < -0.39 is 0 Å². The molecular weight excluding hydrogens is 260 g/mol. The van der Waals surface area contributed by atoms with E-state index in [2.05, 4.69) is 18.2 Å². The highest BCUT2D eigenvalue weighted by atomic mass is 16.6. The quantitative estimate of drug-likeness (QED) is 0.452. The summed E-state index contributed by atoms with van der Waals surface area (Å²) in [5.74, 6) is 3.05. The minimum Gasteiger partial charge on any atom is -0.450 e. The van der Waals surface area contributed by atoms with Crippen LogP contribution in [0, 0.1) is 6.92 Å². The summed E-state index contributed by atoms with van der Waals surface area (Å²) < 4.78 is 11.9. The minimum atomic E-state index is 0.757. The van der Waals surface area contributed by atoms with Crippen molar-refractivity contribution in [2.45, 2.75) is 6.92 Å². The van der Waals surface area contributed by atoms with Crippen LogP contribution in [0.3, 0.4) is 0 Å². The van der Waals surface area contributed by atoms with Crippen molar-refractivity contribution < 1.29 is 9.47 Å². The Kier molecular flexibility index (Phi) is 2.68. The Morgan fingerprint density at radius 1 is 0.571 bits per heavy atom. The van der Waals surface area contributed by atoms with Crippen molar-refractivity contribution in [2.24, 2.45) is 0 Å². The first-order chi connectivity index (χ1) is 10.3. The molecule has 1 aliphatic heterocycles. The molecule has 102 valence electrons. The number of fused-ring (bicyclic) bond motifs is 2. The van der Waals surface area contributed by atoms with Crippen molar-refractivity contribution in [3.63, 3.8) is 0 Å². The molecule has 0 aromatic heterocycles. The van der Waals surface area contributed by atoms with E-state index in [1.165, 1.54) is 5.56 Å². The highest BCUT2D eigenvalue weighted by Crippen LogP contribution is 2.46. The van der Waals surface area contributed by atoms with Crippen LogP contribution in [0.5, 0.6) is 23.0 Å². The second kappa shape index (κ2) is 4.67. The Bertz CT molecular complexity index is 807. The van der Waals surface area contributed by atoms with Crippen LogP contribution in [-0.2, 0) is 0 Å². The van der Waals surface area contributed by atoms with Gasteiger partial charge < -0.3 is 9.47 Å². The molecule has 0 unspecified atom stereocenters. The van der Waals surface area contributed by atoms with Crippen LogP contribution >= 0.6 is 0 Å². The zero-order valence-electron chi connectivity index (χ0n) is 11.7. The zero-order chi connectivity index (χ0) is 14.2. The van der Waals surface area contributed by atoms with Crippen molar-refractivity contribution in [3.05, 3.63) is 72.3 Å². The van der Waals surface area contributed by atoms with Crippen molar-refractivity contribution in [2.75, 3.05) is 0 Å². The zero-order valence-corrected chi connectivity index (χ0v) is 11.7. The molecule has 4 rings (SSSR count). The lowest BCUT2D eigenvalue weighted by atomic mass is 10.1. The molecule has 0 aliphatic carbocycles. The van der Waals surface area contributed by atoms with E-state index in [4.69, 9.17) is 9.47 Å². The Hall–Kier alpha value is -2.74. The first kappa shape index (κ1) is 12.0. The van der Waals surface area contributed by atoms with Crippen LogP contribution in [0.2, 0.25) is 0 Å². The molecule has 0 saturated heterocycles. The molecule has 0 spiro atoms. The van der Waals surface area contributed by atoms with Crippen LogP contribution in [0.25, 0.3) is 11.1 Å². The van der Waals surface area contributed by atoms with Gasteiger partial charge in [-0.15, -0.1) is 0 Å². The van der Waals surface area contributed by atoms with Crippen LogP contribution in [0.15, 0.2) is 66.7 Å². The minimum absolute atomic E-state index is 0.757. The molecule has 2 heteroatoms. The third kappa shape index (κ3) is 2.15. The smallest absolute Gasteiger partial charge is 0.170 e. The van der Waals surface area contributed by atoms with Gasteiger partial charge in [-0.25, -0.2) is 0 Å². The number of ether oxygens (including phenoxy) is 2. The van der Waals surface area contributed by atoms with E-state index in [-0.39, 0.29) is 0 Å². The van der Waals surface area contributed by atoms with E-state index in [1.54, 1.807) is 0 Å². The largest absolute Gasteiger partial charge is 0.450 e. The molecule has 0 atom stereocenters. The Morgan fingerprint density at radius 3 is 2.00 bits per heavy atom. The van der Waals surface area contributed by atoms with Gasteiger partial charge in [0.15, 0.2) is 23.0 Å². The highest BCUT2D eigenvalue weighted by molar-refractivity contribution is 5.68. The molecule has 0 saturated carbocycles. The van der Waals surface area contributed by atoms with E-state index >= 15 is 0 Å². The predicted molar refractivity (Wildman–Crippen MR) is 83.2 cm³/mol. The molecule has 21 heavy (non-hydrogen) atoms. The molecule has 2 nitrogen and oxygen atoms in total. The molecule has 0 amide bonds. The molecule has 1 heterocycles. The summed E-state index contributed by atoms with van der Waals surface area (Å²) in [6.07, 6.45) is 0. The normalized spacial score (nSPS) is 11.9. The van der Waals surface area contributed by atoms with Gasteiger partial charge in [0.25, 0.3) is 0 Å². The first-order valence-corrected chi connectivity index (χ1v) is 6.95. The van der Waals surface area contributed by atoms with E-state index in [1.807, 2.05) is 55.5 Å². The van der Waals surface area contributed by atoms with Crippen LogP contribution in [0.4, 0.5) is 0 Å². The van der Waals surface area contributed by atoms with Gasteiger partial charge in [0.1, 0.15) is 0 Å². The summed E-state index contributed by atoms with van der Waals surface area (Å²) in [7, 11) is 0. The van der Waals surface area contributed by atoms with Crippen LogP contribution in [-0.4, -0.2) is 0 Å². The fraction of sp³-hybridized carbons (Fsp3) is 0.0526. The Balaban J connectivity index is 1.75. The monoisotopic (exact) mass is 274 g/mol. The van der Waals surface area contributed by atoms with Gasteiger partial charge in [0.2, 0.25) is 0 Å². The lowest BCUT2D eigenvalue weighted by Crippen LogP contribution is -1.99. The van der Waals surface area contributed by atoms with Crippen LogP contribution < -0.4 is 9.47 Å². The topological polar surface area (TPSA) is 18.5 Å². The predicted octanol–water partition coefficient (Wildman–Crippen LogP) is 5.56. The van der Waals surface area contributed by atoms with Crippen molar-refractivity contribution in [1.82, 2.24) is 0 Å². The Labute approximate surface area is 123 Å². The second-order valence-corrected chi connectivity index (χ2v) is 5.18. The third-order valence-electron chi connectivity index (χ3n) is 3.59. The van der Waals surface area contributed by atoms with Crippen molar-refractivity contribution in [3.8, 4) is 34.1 Å². The lowest BCUT2D eigenvalue weighted by molar-refractivity contribution is 0.359. The molecule has 0 N–H and O–H groups in total. The molecule has 0 fully saturated rings. The van der Waals surface area contributed by atoms with Gasteiger partial charge in [0.05, 0.1) is 0 Å². The first-order valence-electron chi connectivity index (χ1n) is 6.95. The fourth-order valence-electron chi connectivity index (χ4n) is 2.50. The average Bonchev–Trinajstić information content (AvgIpc) is 2.53. The molecule has 0 radical (unpaired) electrons. The maximum atomic E-state index is 5.97. The fourth-order valence-corrected chi connectivity index (χ4v) is 2.50. The van der Waals surface area contributed by atoms with Crippen LogP contribution in [0.1, 0.15) is 5.56 Å². The summed E-state index contributed by atoms with van der Waals surface area (Å²) in [5.41, 5.74) is 3.44. The summed E-state index contributed by atoms with van der Waals surface area (Å²) >= 11 is 0. The molecule has 3 aromatic rings. The molecule has 1 aliphatic rings. The van der Waals surface area contributed by atoms with E-state index in [0.29, 0.717) is 0 Å². The van der Waals surface area contributed by atoms with Crippen molar-refractivity contribution >= 4 is 0 Å². The van der Waals surface area contributed by atoms with Gasteiger partial charge >= 0.3 is 0 Å². The average molecular weight is 274 g/mol. The standard InChI is InChI=1S/C19H14O2/c1-13-7-9-16-18(11-13)20-17-10-8-15(12-19(17)21-16)14-5-3-2-4-6-14/h2-12H,1H3. The number of hydrogen-bond acceptors (Lipinski definition) is 2. The number of hydrogen-bond donors (Lipinski definition) is 0. The van der Waals surface area contributed by atoms with Crippen molar-refractivity contribution in [1.29, 1.82) is 0 Å². The van der Waals surface area contributed by atoms with E-state index in [9.17, 15) is 0 Å². The second-order valence-electron chi connectivity index (χ2n) is 5.18. The summed E-state index contributed by atoms with van der Waals surface area (Å²) in [5, 5.41) is 0. The number of aryl methyl sites for hydroxylation is 1. The van der Waals surface area contributed by atoms with Gasteiger partial charge in [-0.05, 0) is 47.9 Å². The molecule has 0 bridgehead atoms. The number of benzene rings is 3. The SMILES string of the molecule is Cc1ccc2c(c1)Oc1ccc(-c3ccccc3)cc1O2. The summed E-state index contributed by atoms with van der Waals surface area (Å²) in [6.45, 7) is 2.04. The highest BCUT2D eigenvalue weighted by Gasteiger charge is 2.19. The Morgan fingerprint density at radius 2 is 1.24 bits per heavy atom. The maximum absolute atomic E-state index is 5.97. The summed E-state index contributed by atoms with van der Waals surface area (Å²) in [6, 6.07) is 22.2. The van der Waals surface area contributed by atoms with Gasteiger partial charge in [-0.1, -0.05) is 42.5 Å². The third-order valence-corrected chi connectivity index (χ3v) is 3.59. The van der Waals surface area contributed by atoms with Gasteiger partial charge in [-0.3, -0.25) is 0 Å². The molecular formula is C19H14O2. The molecule has 3 aromatic carbocycles. The van der Waals surface area contributed by atoms with E-state index in [0.717, 1.165) is 34.1 Å². The van der Waals surface area contributed by atoms with Gasteiger partial charge in [0, 0.05) is 0 Å².